The molecule has 5 saturated heterocycles. The van der Waals surface area contributed by atoms with Crippen LogP contribution < -0.4 is 0 Å². The monoisotopic (exact) mass is 473 g/mol. The molecule has 0 aromatic heterocycles. The first-order chi connectivity index (χ1) is 16.4. The Kier molecular flexibility index (Phi) is 7.05. The van der Waals surface area contributed by atoms with Crippen LogP contribution >= 0.6 is 0 Å². The van der Waals surface area contributed by atoms with Gasteiger partial charge in [-0.2, -0.15) is 0 Å². The van der Waals surface area contributed by atoms with Gasteiger partial charge in [0.1, 0.15) is 0 Å². The highest BCUT2D eigenvalue weighted by atomic mass is 16.2. The Morgan fingerprint density at radius 1 is 0.882 bits per heavy atom. The van der Waals surface area contributed by atoms with Crippen molar-refractivity contribution in [1.82, 2.24) is 24.5 Å². The van der Waals surface area contributed by atoms with Crippen LogP contribution in [0.4, 0.5) is 4.79 Å². The van der Waals surface area contributed by atoms with Crippen LogP contribution in [0, 0.1) is 23.7 Å². The van der Waals surface area contributed by atoms with Crippen molar-refractivity contribution in [2.45, 2.75) is 58.4 Å². The number of hydrogen-bond donors (Lipinski definition) is 0. The van der Waals surface area contributed by atoms with Crippen LogP contribution in [0.2, 0.25) is 0 Å². The molecule has 3 atom stereocenters. The van der Waals surface area contributed by atoms with Gasteiger partial charge in [-0.15, -0.1) is 0 Å². The first-order valence-electron chi connectivity index (χ1n) is 13.7. The Labute approximate surface area is 204 Å². The number of fused-ring (bicyclic) bond motifs is 4. The second kappa shape index (κ2) is 10.0. The minimum Gasteiger partial charge on any atom is -0.340 e. The van der Waals surface area contributed by atoms with Crippen LogP contribution in [0.25, 0.3) is 0 Å². The number of nitrogens with zero attached hydrogens (tertiary/aromatic N) is 5. The van der Waals surface area contributed by atoms with E-state index in [9.17, 15) is 14.4 Å². The molecule has 5 aliphatic rings. The van der Waals surface area contributed by atoms with E-state index in [1.54, 1.807) is 0 Å². The molecule has 0 aromatic carbocycles. The fraction of sp³-hybridized carbons (Fsp3) is 0.885. The Hall–Kier alpha value is -1.83. The molecule has 34 heavy (non-hydrogen) atoms. The van der Waals surface area contributed by atoms with Crippen molar-refractivity contribution in [3.63, 3.8) is 0 Å². The van der Waals surface area contributed by atoms with Crippen molar-refractivity contribution < 1.29 is 14.4 Å². The summed E-state index contributed by atoms with van der Waals surface area (Å²) in [6.07, 6.45) is 5.48. The molecular formula is C26H43N5O3. The predicted molar refractivity (Wildman–Crippen MR) is 130 cm³/mol. The molecule has 0 aliphatic carbocycles. The molecule has 0 saturated carbocycles. The SMILES string of the molecule is CC(C)CN1CCN(C(=O)C2CCN(C(=O)N3C[C@@H]4C[C@H](C3)[C@H]3CCCC(=O)N3C4)CC2)CC1. The van der Waals surface area contributed by atoms with Crippen LogP contribution in [-0.4, -0.2) is 114 Å². The molecule has 190 valence electrons. The highest BCUT2D eigenvalue weighted by molar-refractivity contribution is 5.80. The van der Waals surface area contributed by atoms with Gasteiger partial charge in [0, 0.05) is 83.8 Å². The largest absolute Gasteiger partial charge is 0.340 e. The summed E-state index contributed by atoms with van der Waals surface area (Å²) >= 11 is 0. The maximum absolute atomic E-state index is 13.4. The zero-order chi connectivity index (χ0) is 23.8. The van der Waals surface area contributed by atoms with E-state index in [0.717, 1.165) is 84.5 Å². The molecule has 5 rings (SSSR count). The fourth-order valence-corrected chi connectivity index (χ4v) is 7.21. The van der Waals surface area contributed by atoms with Crippen molar-refractivity contribution in [1.29, 1.82) is 0 Å². The lowest BCUT2D eigenvalue weighted by molar-refractivity contribution is -0.144. The summed E-state index contributed by atoms with van der Waals surface area (Å²) < 4.78 is 0. The summed E-state index contributed by atoms with van der Waals surface area (Å²) in [4.78, 5) is 49.6. The summed E-state index contributed by atoms with van der Waals surface area (Å²) in [5.41, 5.74) is 0. The molecule has 0 spiro atoms. The Morgan fingerprint density at radius 3 is 2.32 bits per heavy atom. The van der Waals surface area contributed by atoms with Gasteiger partial charge in [-0.25, -0.2) is 4.79 Å². The maximum Gasteiger partial charge on any atom is 0.320 e. The van der Waals surface area contributed by atoms with Gasteiger partial charge in [0.2, 0.25) is 11.8 Å². The number of amides is 4. The summed E-state index contributed by atoms with van der Waals surface area (Å²) in [5.74, 6) is 2.17. The van der Waals surface area contributed by atoms with Gasteiger partial charge in [0.25, 0.3) is 0 Å². The third kappa shape index (κ3) is 4.93. The number of carbonyl (C=O) groups excluding carboxylic acids is 3. The van der Waals surface area contributed by atoms with Crippen LogP contribution in [0.15, 0.2) is 0 Å². The summed E-state index contributed by atoms with van der Waals surface area (Å²) in [6.45, 7) is 13.0. The van der Waals surface area contributed by atoms with Gasteiger partial charge in [0.15, 0.2) is 0 Å². The van der Waals surface area contributed by atoms with Crippen LogP contribution in [0.1, 0.15) is 52.4 Å². The van der Waals surface area contributed by atoms with Gasteiger partial charge in [-0.05, 0) is 49.9 Å². The van der Waals surface area contributed by atoms with Gasteiger partial charge in [0.05, 0.1) is 0 Å². The first-order valence-corrected chi connectivity index (χ1v) is 13.7. The Morgan fingerprint density at radius 2 is 1.62 bits per heavy atom. The van der Waals surface area contributed by atoms with E-state index in [2.05, 4.69) is 33.4 Å². The molecule has 0 N–H and O–H groups in total. The fourth-order valence-electron chi connectivity index (χ4n) is 7.21. The molecule has 8 heteroatoms. The molecule has 0 radical (unpaired) electrons. The predicted octanol–water partition coefficient (Wildman–Crippen LogP) is 1.95. The van der Waals surface area contributed by atoms with Crippen molar-refractivity contribution in [2.24, 2.45) is 23.7 Å². The number of urea groups is 1. The number of piperazine rings is 1. The number of hydrogen-bond acceptors (Lipinski definition) is 4. The second-order valence-corrected chi connectivity index (χ2v) is 11.8. The van der Waals surface area contributed by atoms with Gasteiger partial charge in [-0.3, -0.25) is 14.5 Å². The number of likely N-dealkylation sites (tertiary alicyclic amines) is 2. The summed E-state index contributed by atoms with van der Waals surface area (Å²) in [7, 11) is 0. The van der Waals surface area contributed by atoms with E-state index in [4.69, 9.17) is 0 Å². The third-order valence-corrected chi connectivity index (χ3v) is 8.87. The quantitative estimate of drug-likeness (QED) is 0.629. The van der Waals surface area contributed by atoms with E-state index < -0.39 is 0 Å². The standard InChI is InChI=1S/C26H43N5O3/c1-19(2)15-27-10-12-28(13-11-27)25(33)21-6-8-29(9-7-21)26(34)30-16-20-14-22(18-30)23-4-3-5-24(32)31(23)17-20/h19-23H,3-18H2,1-2H3/t20-,22+,23+/m0/s1. The lowest BCUT2D eigenvalue weighted by atomic mass is 9.76. The molecule has 4 amide bonds. The lowest BCUT2D eigenvalue weighted by Crippen LogP contribution is -2.62. The molecule has 5 fully saturated rings. The van der Waals surface area contributed by atoms with Crippen molar-refractivity contribution in [3.8, 4) is 0 Å². The Bertz CT molecular complexity index is 772. The average Bonchev–Trinajstić information content (AvgIpc) is 2.84. The molecule has 5 heterocycles. The van der Waals surface area contributed by atoms with Crippen molar-refractivity contribution >= 4 is 17.8 Å². The minimum atomic E-state index is 0.0586. The zero-order valence-corrected chi connectivity index (χ0v) is 21.2. The molecule has 0 unspecified atom stereocenters. The van der Waals surface area contributed by atoms with Gasteiger partial charge < -0.3 is 19.6 Å². The average molecular weight is 474 g/mol. The topological polar surface area (TPSA) is 67.4 Å². The van der Waals surface area contributed by atoms with E-state index >= 15 is 0 Å². The number of carbonyl (C=O) groups is 3. The normalized spacial score (nSPS) is 31.1. The number of rotatable bonds is 3. The maximum atomic E-state index is 13.4. The van der Waals surface area contributed by atoms with Crippen LogP contribution in [-0.2, 0) is 9.59 Å². The molecule has 5 aliphatic heterocycles. The van der Waals surface area contributed by atoms with Crippen LogP contribution in [0.3, 0.4) is 0 Å². The molecule has 0 aromatic rings. The van der Waals surface area contributed by atoms with E-state index in [0.29, 0.717) is 55.1 Å². The first kappa shape index (κ1) is 23.9. The third-order valence-electron chi connectivity index (χ3n) is 8.87. The van der Waals surface area contributed by atoms with Gasteiger partial charge in [-0.1, -0.05) is 13.8 Å². The smallest absolute Gasteiger partial charge is 0.320 e. The van der Waals surface area contributed by atoms with E-state index in [-0.39, 0.29) is 11.9 Å². The van der Waals surface area contributed by atoms with Crippen LogP contribution in [0.5, 0.6) is 0 Å². The minimum absolute atomic E-state index is 0.0586. The Balaban J connectivity index is 1.10. The zero-order valence-electron chi connectivity index (χ0n) is 21.2. The molecular weight excluding hydrogens is 430 g/mol. The highest BCUT2D eigenvalue weighted by Gasteiger charge is 2.45. The van der Waals surface area contributed by atoms with Crippen molar-refractivity contribution in [2.75, 3.05) is 65.4 Å². The van der Waals surface area contributed by atoms with Gasteiger partial charge >= 0.3 is 6.03 Å². The molecule has 8 nitrogen and oxygen atoms in total. The second-order valence-electron chi connectivity index (χ2n) is 11.8. The molecule has 2 bridgehead atoms. The summed E-state index contributed by atoms with van der Waals surface area (Å²) in [5, 5.41) is 0. The van der Waals surface area contributed by atoms with E-state index in [1.165, 1.54) is 0 Å². The summed E-state index contributed by atoms with van der Waals surface area (Å²) in [6, 6.07) is 0.482. The highest BCUT2D eigenvalue weighted by Crippen LogP contribution is 2.38. The van der Waals surface area contributed by atoms with E-state index in [1.807, 2.05) is 4.90 Å². The van der Waals surface area contributed by atoms with Crippen molar-refractivity contribution in [3.05, 3.63) is 0 Å². The lowest BCUT2D eigenvalue weighted by Gasteiger charge is -2.53. The number of piperidine rings is 4.